The summed E-state index contributed by atoms with van der Waals surface area (Å²) in [6.07, 6.45) is 4.27. The van der Waals surface area contributed by atoms with Gasteiger partial charge in [-0.25, -0.2) is 9.78 Å². The van der Waals surface area contributed by atoms with Gasteiger partial charge in [0.1, 0.15) is 5.82 Å². The molecule has 0 spiro atoms. The van der Waals surface area contributed by atoms with E-state index in [2.05, 4.69) is 11.6 Å². The van der Waals surface area contributed by atoms with E-state index in [1.807, 2.05) is 6.07 Å². The molecule has 108 valence electrons. The van der Waals surface area contributed by atoms with Crippen LogP contribution in [0, 0.1) is 23.7 Å². The topological polar surface area (TPSA) is 55.1 Å². The molecule has 0 radical (unpaired) electrons. The van der Waals surface area contributed by atoms with Crippen molar-refractivity contribution in [2.45, 2.75) is 25.2 Å². The summed E-state index contributed by atoms with van der Waals surface area (Å²) in [6.45, 7) is 0. The van der Waals surface area contributed by atoms with Crippen LogP contribution in [0.3, 0.4) is 0 Å². The van der Waals surface area contributed by atoms with Crippen LogP contribution in [0.4, 0.5) is 0 Å². The minimum absolute atomic E-state index is 0.322. The molecule has 2 aromatic rings. The van der Waals surface area contributed by atoms with E-state index < -0.39 is 5.97 Å². The summed E-state index contributed by atoms with van der Waals surface area (Å²) in [5, 5.41) is 9.12. The second-order valence-electron chi connectivity index (χ2n) is 7.05. The lowest BCUT2D eigenvalue weighted by molar-refractivity contribution is 0.0697. The molecular weight excluding hydrogens is 264 g/mol. The lowest BCUT2D eigenvalue weighted by Gasteiger charge is -2.08. The van der Waals surface area contributed by atoms with E-state index in [0.29, 0.717) is 11.5 Å². The molecule has 1 heterocycles. The minimum atomic E-state index is -0.884. The number of aryl methyl sites for hydroxylation is 1. The highest BCUT2D eigenvalue weighted by Gasteiger charge is 2.66. The van der Waals surface area contributed by atoms with Crippen LogP contribution in [0.15, 0.2) is 18.2 Å². The predicted molar refractivity (Wildman–Crippen MR) is 78.2 cm³/mol. The van der Waals surface area contributed by atoms with Crippen molar-refractivity contribution < 1.29 is 9.90 Å². The number of rotatable bonds is 2. The number of benzene rings is 1. The summed E-state index contributed by atoms with van der Waals surface area (Å²) >= 11 is 0. The molecule has 1 aromatic heterocycles. The third kappa shape index (κ3) is 1.40. The minimum Gasteiger partial charge on any atom is -0.478 e. The summed E-state index contributed by atoms with van der Waals surface area (Å²) in [6, 6.07) is 5.27. The van der Waals surface area contributed by atoms with E-state index in [4.69, 9.17) is 10.1 Å². The van der Waals surface area contributed by atoms with Gasteiger partial charge in [0.2, 0.25) is 0 Å². The molecule has 3 aliphatic carbocycles. The molecule has 3 aliphatic rings. The normalized spacial score (nSPS) is 36.1. The maximum absolute atomic E-state index is 11.1. The number of carboxylic acids is 1. The molecule has 3 fully saturated rings. The van der Waals surface area contributed by atoms with E-state index in [-0.39, 0.29) is 0 Å². The van der Waals surface area contributed by atoms with Crippen LogP contribution >= 0.6 is 0 Å². The van der Waals surface area contributed by atoms with Crippen molar-refractivity contribution in [1.82, 2.24) is 9.55 Å². The highest BCUT2D eigenvalue weighted by molar-refractivity contribution is 5.92. The molecule has 5 rings (SSSR count). The van der Waals surface area contributed by atoms with Gasteiger partial charge in [-0.3, -0.25) is 0 Å². The van der Waals surface area contributed by atoms with Gasteiger partial charge < -0.3 is 9.67 Å². The molecular formula is C17H18N2O2. The summed E-state index contributed by atoms with van der Waals surface area (Å²) in [7, 11) is 2.07. The molecule has 21 heavy (non-hydrogen) atoms. The van der Waals surface area contributed by atoms with Gasteiger partial charge >= 0.3 is 5.97 Å². The Kier molecular flexibility index (Phi) is 2.06. The Bertz CT molecular complexity index is 762. The number of fused-ring (bicyclic) bond motifs is 6. The molecule has 0 saturated heterocycles. The Morgan fingerprint density at radius 3 is 2.67 bits per heavy atom. The molecule has 2 bridgehead atoms. The van der Waals surface area contributed by atoms with Gasteiger partial charge in [0, 0.05) is 13.0 Å². The average Bonchev–Trinajstić information content (AvgIpc) is 2.80. The van der Waals surface area contributed by atoms with Crippen molar-refractivity contribution in [2.24, 2.45) is 30.7 Å². The molecule has 4 nitrogen and oxygen atoms in total. The lowest BCUT2D eigenvalue weighted by Crippen LogP contribution is -2.03. The molecule has 4 heteroatoms. The summed E-state index contributed by atoms with van der Waals surface area (Å²) < 4.78 is 2.18. The highest BCUT2D eigenvalue weighted by Crippen LogP contribution is 2.72. The van der Waals surface area contributed by atoms with Crippen LogP contribution < -0.4 is 0 Å². The quantitative estimate of drug-likeness (QED) is 0.921. The summed E-state index contributed by atoms with van der Waals surface area (Å²) in [4.78, 5) is 15.9. The van der Waals surface area contributed by atoms with E-state index >= 15 is 0 Å². The number of hydrogen-bond acceptors (Lipinski definition) is 2. The fraction of sp³-hybridized carbons (Fsp3) is 0.529. The standard InChI is InChI=1S/C17H18N2O2/c1-19-12-5-4-10(17(20)21)7-11(12)18-16(19)15-13-8-2-3-9(6-8)14(13)15/h4-5,7-9,13-15H,2-3,6H2,1H3,(H,20,21). The van der Waals surface area contributed by atoms with Gasteiger partial charge in [0.05, 0.1) is 16.6 Å². The van der Waals surface area contributed by atoms with Crippen molar-refractivity contribution in [3.8, 4) is 0 Å². The molecule has 1 aromatic carbocycles. The fourth-order valence-electron chi connectivity index (χ4n) is 5.32. The molecule has 1 N–H and O–H groups in total. The van der Waals surface area contributed by atoms with Crippen LogP contribution in [0.25, 0.3) is 11.0 Å². The van der Waals surface area contributed by atoms with Gasteiger partial charge in [0.25, 0.3) is 0 Å². The molecule has 0 aliphatic heterocycles. The van der Waals surface area contributed by atoms with Gasteiger partial charge in [-0.15, -0.1) is 0 Å². The first kappa shape index (κ1) is 11.8. The van der Waals surface area contributed by atoms with Crippen molar-refractivity contribution in [2.75, 3.05) is 0 Å². The van der Waals surface area contributed by atoms with Gasteiger partial charge in [-0.05, 0) is 61.1 Å². The number of nitrogens with zero attached hydrogens (tertiary/aromatic N) is 2. The monoisotopic (exact) mass is 282 g/mol. The van der Waals surface area contributed by atoms with Crippen LogP contribution in [-0.4, -0.2) is 20.6 Å². The summed E-state index contributed by atoms with van der Waals surface area (Å²) in [5.41, 5.74) is 2.19. The second kappa shape index (κ2) is 3.67. The Balaban J connectivity index is 1.59. The van der Waals surface area contributed by atoms with Crippen LogP contribution in [0.2, 0.25) is 0 Å². The number of imidazole rings is 1. The Labute approximate surface area is 122 Å². The van der Waals surface area contributed by atoms with Crippen molar-refractivity contribution in [1.29, 1.82) is 0 Å². The lowest BCUT2D eigenvalue weighted by atomic mass is 10.0. The van der Waals surface area contributed by atoms with Crippen molar-refractivity contribution in [3.05, 3.63) is 29.6 Å². The largest absolute Gasteiger partial charge is 0.478 e. The average molecular weight is 282 g/mol. The summed E-state index contributed by atoms with van der Waals surface area (Å²) in [5.74, 6) is 4.50. The number of carbonyl (C=O) groups is 1. The van der Waals surface area contributed by atoms with E-state index in [1.165, 1.54) is 25.1 Å². The number of aromatic nitrogens is 2. The third-order valence-electron chi connectivity index (χ3n) is 6.20. The Morgan fingerprint density at radius 2 is 2.00 bits per heavy atom. The van der Waals surface area contributed by atoms with E-state index in [1.54, 1.807) is 12.1 Å². The molecule has 4 atom stereocenters. The Morgan fingerprint density at radius 1 is 1.29 bits per heavy atom. The second-order valence-corrected chi connectivity index (χ2v) is 7.05. The zero-order valence-corrected chi connectivity index (χ0v) is 12.0. The smallest absolute Gasteiger partial charge is 0.335 e. The number of aromatic carboxylic acids is 1. The fourth-order valence-corrected chi connectivity index (χ4v) is 5.32. The first-order chi connectivity index (χ1) is 10.1. The first-order valence-corrected chi connectivity index (χ1v) is 7.85. The predicted octanol–water partition coefficient (Wildman–Crippen LogP) is 3.03. The Hall–Kier alpha value is -1.84. The van der Waals surface area contributed by atoms with E-state index in [9.17, 15) is 4.79 Å². The van der Waals surface area contributed by atoms with Crippen molar-refractivity contribution >= 4 is 17.0 Å². The molecule has 4 unspecified atom stereocenters. The van der Waals surface area contributed by atoms with Crippen LogP contribution in [-0.2, 0) is 7.05 Å². The maximum Gasteiger partial charge on any atom is 0.335 e. The number of carboxylic acid groups (broad SMARTS) is 1. The SMILES string of the molecule is Cn1c(C2C3C4CCC(C4)C23)nc2cc(C(=O)O)ccc21. The van der Waals surface area contributed by atoms with Gasteiger partial charge in [0.15, 0.2) is 0 Å². The molecule has 3 saturated carbocycles. The van der Waals surface area contributed by atoms with E-state index in [0.717, 1.165) is 34.7 Å². The number of hydrogen-bond donors (Lipinski definition) is 1. The highest BCUT2D eigenvalue weighted by atomic mass is 16.4. The van der Waals surface area contributed by atoms with Gasteiger partial charge in [-0.2, -0.15) is 0 Å². The zero-order chi connectivity index (χ0) is 14.3. The maximum atomic E-state index is 11.1. The van der Waals surface area contributed by atoms with Crippen molar-refractivity contribution in [3.63, 3.8) is 0 Å². The van der Waals surface area contributed by atoms with Crippen LogP contribution in [0.5, 0.6) is 0 Å². The first-order valence-electron chi connectivity index (χ1n) is 7.85. The zero-order valence-electron chi connectivity index (χ0n) is 12.0. The van der Waals surface area contributed by atoms with Gasteiger partial charge in [-0.1, -0.05) is 0 Å². The third-order valence-corrected chi connectivity index (χ3v) is 6.20. The van der Waals surface area contributed by atoms with Crippen LogP contribution in [0.1, 0.15) is 41.4 Å². The molecule has 0 amide bonds.